The molecule has 7 nitrogen and oxygen atoms in total. The molecule has 0 aliphatic carbocycles. The zero-order chi connectivity index (χ0) is 21.6. The summed E-state index contributed by atoms with van der Waals surface area (Å²) < 4.78 is 10.6. The van der Waals surface area contributed by atoms with Gasteiger partial charge in [-0.05, 0) is 64.0 Å². The number of aliphatic hydroxyl groups is 1. The largest absolute Gasteiger partial charge is 0.497 e. The number of nitrogens with zero attached hydrogens (tertiary/aromatic N) is 2. The zero-order valence-corrected chi connectivity index (χ0v) is 21.7. The summed E-state index contributed by atoms with van der Waals surface area (Å²) in [7, 11) is 3.19. The molecule has 0 heterocycles. The molecule has 0 radical (unpaired) electrons. The Hall–Kier alpha value is -1.26. The molecule has 1 aromatic carbocycles. The van der Waals surface area contributed by atoms with Crippen molar-refractivity contribution in [2.24, 2.45) is 4.99 Å². The van der Waals surface area contributed by atoms with Gasteiger partial charge in [-0.15, -0.1) is 24.0 Å². The van der Waals surface area contributed by atoms with Crippen LogP contribution in [0.4, 0.5) is 0 Å². The molecule has 1 rings (SSSR count). The van der Waals surface area contributed by atoms with Crippen LogP contribution < -0.4 is 20.1 Å². The van der Waals surface area contributed by atoms with Gasteiger partial charge >= 0.3 is 0 Å². The number of benzene rings is 1. The first kappa shape index (κ1) is 28.7. The van der Waals surface area contributed by atoms with E-state index in [-0.39, 0.29) is 30.5 Å². The minimum absolute atomic E-state index is 0. The number of methoxy groups -OCH3 is 2. The van der Waals surface area contributed by atoms with Crippen molar-refractivity contribution in [3.63, 3.8) is 0 Å². The van der Waals surface area contributed by atoms with Gasteiger partial charge in [0.1, 0.15) is 11.5 Å². The summed E-state index contributed by atoms with van der Waals surface area (Å²) in [5.41, 5.74) is 0.716. The van der Waals surface area contributed by atoms with Crippen molar-refractivity contribution in [2.75, 3.05) is 46.9 Å². The highest BCUT2D eigenvalue weighted by Crippen LogP contribution is 2.26. The van der Waals surface area contributed by atoms with E-state index in [1.165, 1.54) is 0 Å². The Morgan fingerprint density at radius 3 is 2.20 bits per heavy atom. The van der Waals surface area contributed by atoms with Crippen molar-refractivity contribution in [1.29, 1.82) is 0 Å². The molecule has 1 aromatic rings. The van der Waals surface area contributed by atoms with Crippen LogP contribution in [0.25, 0.3) is 0 Å². The van der Waals surface area contributed by atoms with Crippen LogP contribution in [0.15, 0.2) is 23.2 Å². The van der Waals surface area contributed by atoms with Crippen LogP contribution in [-0.4, -0.2) is 69.0 Å². The number of aliphatic hydroxyl groups excluding tert-OH is 1. The quantitative estimate of drug-likeness (QED) is 0.204. The fourth-order valence-electron chi connectivity index (χ4n) is 3.09. The molecular weight excluding hydrogens is 495 g/mol. The van der Waals surface area contributed by atoms with Crippen molar-refractivity contribution in [2.45, 2.75) is 52.7 Å². The van der Waals surface area contributed by atoms with Crippen LogP contribution in [0.1, 0.15) is 52.2 Å². The maximum atomic E-state index is 10.6. The number of nitrogens with one attached hydrogen (secondary N) is 2. The van der Waals surface area contributed by atoms with Crippen molar-refractivity contribution in [1.82, 2.24) is 15.5 Å². The zero-order valence-electron chi connectivity index (χ0n) is 19.4. The Morgan fingerprint density at radius 2 is 1.70 bits per heavy atom. The summed E-state index contributed by atoms with van der Waals surface area (Å²) in [5.74, 6) is 2.01. The van der Waals surface area contributed by atoms with Crippen LogP contribution in [0.2, 0.25) is 0 Å². The van der Waals surface area contributed by atoms with Gasteiger partial charge < -0.3 is 30.1 Å². The third-order valence-corrected chi connectivity index (χ3v) is 4.91. The second-order valence-electron chi connectivity index (χ2n) is 7.10. The highest BCUT2D eigenvalue weighted by Gasteiger charge is 2.12. The van der Waals surface area contributed by atoms with E-state index in [0.29, 0.717) is 23.1 Å². The van der Waals surface area contributed by atoms with Gasteiger partial charge in [0.2, 0.25) is 0 Å². The van der Waals surface area contributed by atoms with Crippen molar-refractivity contribution in [3.8, 4) is 11.5 Å². The number of guanidine groups is 1. The number of aliphatic imine (C=N–C) groups is 1. The molecule has 174 valence electrons. The predicted molar refractivity (Wildman–Crippen MR) is 136 cm³/mol. The average Bonchev–Trinajstić information content (AvgIpc) is 2.74. The molecule has 0 aliphatic heterocycles. The Morgan fingerprint density at radius 1 is 1.10 bits per heavy atom. The predicted octanol–water partition coefficient (Wildman–Crippen LogP) is 3.42. The molecule has 8 heteroatoms. The van der Waals surface area contributed by atoms with E-state index in [1.807, 2.05) is 6.92 Å². The van der Waals surface area contributed by atoms with Gasteiger partial charge in [-0.1, -0.05) is 13.8 Å². The lowest BCUT2D eigenvalue weighted by Gasteiger charge is -2.21. The topological polar surface area (TPSA) is 78.4 Å². The van der Waals surface area contributed by atoms with Gasteiger partial charge in [-0.25, -0.2) is 0 Å². The average molecular weight is 536 g/mol. The third kappa shape index (κ3) is 10.7. The minimum atomic E-state index is -0.743. The second-order valence-corrected chi connectivity index (χ2v) is 7.10. The maximum absolute atomic E-state index is 10.6. The fourth-order valence-corrected chi connectivity index (χ4v) is 3.09. The fraction of sp³-hybridized carbons (Fsp3) is 0.682. The Balaban J connectivity index is 0.00000841. The highest BCUT2D eigenvalue weighted by atomic mass is 127. The summed E-state index contributed by atoms with van der Waals surface area (Å²) in [5, 5.41) is 17.3. The Labute approximate surface area is 199 Å². The summed E-state index contributed by atoms with van der Waals surface area (Å²) in [6, 6.07) is 5.69. The SMILES string of the molecule is CCNC(=NCC(O)c1cc(OC)cc(OC)c1)NC(C)CCCN(CC)CC.I. The summed E-state index contributed by atoms with van der Waals surface area (Å²) in [6.07, 6.45) is 1.46. The molecular formula is C22H41IN4O3. The Bertz CT molecular complexity index is 590. The van der Waals surface area contributed by atoms with Gasteiger partial charge in [0.05, 0.1) is 26.9 Å². The van der Waals surface area contributed by atoms with Crippen LogP contribution in [0.5, 0.6) is 11.5 Å². The van der Waals surface area contributed by atoms with Gasteiger partial charge in [0.25, 0.3) is 0 Å². The maximum Gasteiger partial charge on any atom is 0.191 e. The number of hydrogen-bond donors (Lipinski definition) is 3. The summed E-state index contributed by atoms with van der Waals surface area (Å²) in [6.45, 7) is 12.9. The van der Waals surface area contributed by atoms with Crippen LogP contribution >= 0.6 is 24.0 Å². The van der Waals surface area contributed by atoms with Crippen molar-refractivity contribution >= 4 is 29.9 Å². The van der Waals surface area contributed by atoms with Crippen molar-refractivity contribution < 1.29 is 14.6 Å². The number of halogens is 1. The van der Waals surface area contributed by atoms with E-state index in [4.69, 9.17) is 9.47 Å². The van der Waals surface area contributed by atoms with E-state index < -0.39 is 6.10 Å². The van der Waals surface area contributed by atoms with Crippen LogP contribution in [0, 0.1) is 0 Å². The first-order chi connectivity index (χ1) is 14.0. The van der Waals surface area contributed by atoms with E-state index in [2.05, 4.69) is 41.3 Å². The molecule has 2 unspecified atom stereocenters. The van der Waals surface area contributed by atoms with E-state index in [1.54, 1.807) is 32.4 Å². The summed E-state index contributed by atoms with van der Waals surface area (Å²) >= 11 is 0. The molecule has 0 spiro atoms. The second kappa shape index (κ2) is 16.4. The van der Waals surface area contributed by atoms with Gasteiger partial charge in [-0.2, -0.15) is 0 Å². The molecule has 30 heavy (non-hydrogen) atoms. The number of hydrogen-bond acceptors (Lipinski definition) is 5. The lowest BCUT2D eigenvalue weighted by atomic mass is 10.1. The van der Waals surface area contributed by atoms with Gasteiger partial charge in [0.15, 0.2) is 5.96 Å². The molecule has 0 saturated heterocycles. The minimum Gasteiger partial charge on any atom is -0.497 e. The summed E-state index contributed by atoms with van der Waals surface area (Å²) in [4.78, 5) is 7.00. The Kier molecular flexibility index (Phi) is 15.7. The monoisotopic (exact) mass is 536 g/mol. The molecule has 3 N–H and O–H groups in total. The van der Waals surface area contributed by atoms with Crippen LogP contribution in [0.3, 0.4) is 0 Å². The van der Waals surface area contributed by atoms with E-state index in [0.717, 1.165) is 45.0 Å². The first-order valence-corrected chi connectivity index (χ1v) is 10.6. The third-order valence-electron chi connectivity index (χ3n) is 4.91. The molecule has 0 aromatic heterocycles. The molecule has 0 amide bonds. The number of ether oxygens (including phenoxy) is 2. The molecule has 2 atom stereocenters. The standard InChI is InChI=1S/C22H40N4O3.HI/c1-7-23-22(25-17(4)11-10-12-26(8-2)9-3)24-16-21(27)18-13-19(28-5)15-20(14-18)29-6;/h13-15,17,21,27H,7-12,16H2,1-6H3,(H2,23,24,25);1H. The van der Waals surface area contributed by atoms with E-state index >= 15 is 0 Å². The highest BCUT2D eigenvalue weighted by molar-refractivity contribution is 14.0. The first-order valence-electron chi connectivity index (χ1n) is 10.6. The smallest absolute Gasteiger partial charge is 0.191 e. The molecule has 0 bridgehead atoms. The van der Waals surface area contributed by atoms with Gasteiger partial charge in [0, 0.05) is 18.7 Å². The lowest BCUT2D eigenvalue weighted by molar-refractivity contribution is 0.186. The van der Waals surface area contributed by atoms with Gasteiger partial charge in [-0.3, -0.25) is 4.99 Å². The lowest BCUT2D eigenvalue weighted by Crippen LogP contribution is -2.42. The normalized spacial score (nSPS) is 13.4. The van der Waals surface area contributed by atoms with Crippen molar-refractivity contribution in [3.05, 3.63) is 23.8 Å². The van der Waals surface area contributed by atoms with Crippen LogP contribution in [-0.2, 0) is 0 Å². The number of rotatable bonds is 13. The molecule has 0 fully saturated rings. The molecule has 0 saturated carbocycles. The molecule has 0 aliphatic rings. The van der Waals surface area contributed by atoms with E-state index in [9.17, 15) is 5.11 Å².